The van der Waals surface area contributed by atoms with E-state index in [1.165, 1.54) is 38.5 Å². The van der Waals surface area contributed by atoms with E-state index in [9.17, 15) is 50.4 Å². The minimum atomic E-state index is -1.56. The Bertz CT molecular complexity index is 1350. The van der Waals surface area contributed by atoms with E-state index in [-0.39, 0.29) is 11.5 Å². The van der Waals surface area contributed by atoms with Crippen molar-refractivity contribution in [3.63, 3.8) is 0 Å². The molecule has 14 heteroatoms. The van der Waals surface area contributed by atoms with Gasteiger partial charge in [0.25, 0.3) is 0 Å². The number of benzene rings is 2. The average molecular weight is 661 g/mol. The topological polar surface area (TPSA) is 233 Å². The summed E-state index contributed by atoms with van der Waals surface area (Å²) in [5.41, 5.74) is 1.76. The molecule has 2 saturated heterocycles. The van der Waals surface area contributed by atoms with E-state index in [1.807, 2.05) is 0 Å². The molecule has 2 aromatic carbocycles. The first kappa shape index (κ1) is 36.3. The molecule has 0 amide bonds. The fourth-order valence-corrected chi connectivity index (χ4v) is 5.52. The van der Waals surface area contributed by atoms with Crippen molar-refractivity contribution in [2.24, 2.45) is 0 Å². The maximum atomic E-state index is 12.5. The largest absolute Gasteiger partial charge is 0.496 e. The van der Waals surface area contributed by atoms with E-state index in [0.717, 1.165) is 0 Å². The highest BCUT2D eigenvalue weighted by Crippen LogP contribution is 2.39. The number of rotatable bonds is 12. The summed E-state index contributed by atoms with van der Waals surface area (Å²) in [4.78, 5) is 25.0. The third kappa shape index (κ3) is 8.13. The van der Waals surface area contributed by atoms with Gasteiger partial charge >= 0.3 is 0 Å². The number of methoxy groups -OCH3 is 2. The second-order valence-corrected chi connectivity index (χ2v) is 11.3. The Morgan fingerprint density at radius 1 is 0.638 bits per heavy atom. The van der Waals surface area contributed by atoms with Crippen LogP contribution in [0.5, 0.6) is 11.5 Å². The Hall–Kier alpha value is -3.54. The molecule has 4 rings (SSSR count). The number of aliphatic hydroxyl groups excluding tert-OH is 8. The molecule has 0 unspecified atom stereocenters. The fourth-order valence-electron chi connectivity index (χ4n) is 5.52. The first-order valence-corrected chi connectivity index (χ1v) is 14.8. The van der Waals surface area contributed by atoms with Crippen molar-refractivity contribution < 1.29 is 69.4 Å². The van der Waals surface area contributed by atoms with Gasteiger partial charge < -0.3 is 59.8 Å². The predicted molar refractivity (Wildman–Crippen MR) is 164 cm³/mol. The lowest BCUT2D eigenvalue weighted by atomic mass is 9.90. The molecule has 2 aliphatic rings. The van der Waals surface area contributed by atoms with Gasteiger partial charge in [-0.2, -0.15) is 0 Å². The highest BCUT2D eigenvalue weighted by Gasteiger charge is 2.46. The van der Waals surface area contributed by atoms with Gasteiger partial charge in [-0.1, -0.05) is 36.4 Å². The molecule has 256 valence electrons. The molecule has 47 heavy (non-hydrogen) atoms. The van der Waals surface area contributed by atoms with Gasteiger partial charge in [0.1, 0.15) is 72.5 Å². The van der Waals surface area contributed by atoms with Crippen molar-refractivity contribution in [2.45, 2.75) is 67.5 Å². The number of ether oxygens (including phenoxy) is 4. The van der Waals surface area contributed by atoms with E-state index >= 15 is 0 Å². The molecule has 10 atom stereocenters. The summed E-state index contributed by atoms with van der Waals surface area (Å²) in [5, 5.41) is 80.3. The van der Waals surface area contributed by atoms with Gasteiger partial charge in [-0.3, -0.25) is 9.59 Å². The van der Waals surface area contributed by atoms with Gasteiger partial charge in [-0.15, -0.1) is 0 Å². The van der Waals surface area contributed by atoms with Crippen molar-refractivity contribution in [3.05, 3.63) is 70.8 Å². The van der Waals surface area contributed by atoms with E-state index in [2.05, 4.69) is 0 Å². The van der Waals surface area contributed by atoms with Gasteiger partial charge in [0.15, 0.2) is 11.6 Å². The van der Waals surface area contributed by atoms with E-state index < -0.39 is 92.2 Å². The highest BCUT2D eigenvalue weighted by atomic mass is 16.6. The van der Waals surface area contributed by atoms with Crippen LogP contribution < -0.4 is 9.47 Å². The van der Waals surface area contributed by atoms with Crippen LogP contribution in [0.2, 0.25) is 0 Å². The summed E-state index contributed by atoms with van der Waals surface area (Å²) >= 11 is 0. The second-order valence-electron chi connectivity index (χ2n) is 11.3. The number of ketones is 2. The summed E-state index contributed by atoms with van der Waals surface area (Å²) in [6.45, 7) is -1.15. The van der Waals surface area contributed by atoms with Crippen LogP contribution in [0.15, 0.2) is 48.6 Å². The second kappa shape index (κ2) is 16.0. The molecule has 8 N–H and O–H groups in total. The van der Waals surface area contributed by atoms with Crippen molar-refractivity contribution >= 4 is 23.7 Å². The van der Waals surface area contributed by atoms with E-state index in [1.54, 1.807) is 36.4 Å². The number of carbonyl (C=O) groups excluding carboxylic acids is 2. The van der Waals surface area contributed by atoms with Crippen molar-refractivity contribution in [3.8, 4) is 11.5 Å². The molecule has 0 saturated carbocycles. The molecule has 2 fully saturated rings. The number of hydrogen-bond donors (Lipinski definition) is 8. The normalized spacial score (nSPS) is 31.3. The van der Waals surface area contributed by atoms with Gasteiger partial charge in [0.2, 0.25) is 0 Å². The number of carbonyl (C=O) groups is 2. The van der Waals surface area contributed by atoms with Crippen LogP contribution in [-0.4, -0.2) is 129 Å². The standard InChI is InChI=1S/C33H40O14/c1-44-22-11-16(5-9-20(22)32-30(42)28(40)26(38)24(14-34)46-32)3-7-18(36)13-19(37)8-4-17-6-10-21(23(12-17)45-2)33-31(43)29(41)27(39)25(15-35)47-33/h3-12,24-35,38-43H,13-15H2,1-2H3/t24-,25-,26-,27-,28+,29+,30-,31-,32+,33+/m1/s1. The Morgan fingerprint density at radius 2 is 1.02 bits per heavy atom. The van der Waals surface area contributed by atoms with Crippen LogP contribution in [-0.2, 0) is 19.1 Å². The molecule has 2 aliphatic heterocycles. The predicted octanol–water partition coefficient (Wildman–Crippen LogP) is -1.01. The van der Waals surface area contributed by atoms with E-state index in [4.69, 9.17) is 18.9 Å². The maximum Gasteiger partial charge on any atom is 0.163 e. The van der Waals surface area contributed by atoms with Crippen molar-refractivity contribution in [2.75, 3.05) is 27.4 Å². The van der Waals surface area contributed by atoms with Crippen LogP contribution in [0.25, 0.3) is 12.2 Å². The zero-order valence-electron chi connectivity index (χ0n) is 25.7. The quantitative estimate of drug-likeness (QED) is 0.101. The third-order valence-corrected chi connectivity index (χ3v) is 8.18. The lowest BCUT2D eigenvalue weighted by Crippen LogP contribution is -2.55. The first-order valence-electron chi connectivity index (χ1n) is 14.8. The summed E-state index contributed by atoms with van der Waals surface area (Å²) < 4.78 is 22.0. The summed E-state index contributed by atoms with van der Waals surface area (Å²) in [6, 6.07) is 9.44. The smallest absolute Gasteiger partial charge is 0.163 e. The molecule has 0 bridgehead atoms. The number of aliphatic hydroxyl groups is 8. The molecular formula is C33H40O14. The van der Waals surface area contributed by atoms with Crippen LogP contribution >= 0.6 is 0 Å². The van der Waals surface area contributed by atoms with Gasteiger partial charge in [0.05, 0.1) is 33.9 Å². The van der Waals surface area contributed by atoms with Crippen LogP contribution in [0.1, 0.15) is 40.9 Å². The molecule has 0 aromatic heterocycles. The summed E-state index contributed by atoms with van der Waals surface area (Å²) in [6.07, 6.45) is -8.52. The van der Waals surface area contributed by atoms with Crippen molar-refractivity contribution in [1.82, 2.24) is 0 Å². The Morgan fingerprint density at radius 3 is 1.36 bits per heavy atom. The lowest BCUT2D eigenvalue weighted by Gasteiger charge is -2.40. The van der Waals surface area contributed by atoms with Gasteiger partial charge in [0, 0.05) is 11.1 Å². The van der Waals surface area contributed by atoms with E-state index in [0.29, 0.717) is 22.3 Å². The third-order valence-electron chi connectivity index (χ3n) is 8.18. The van der Waals surface area contributed by atoms with Crippen molar-refractivity contribution in [1.29, 1.82) is 0 Å². The summed E-state index contributed by atoms with van der Waals surface area (Å²) in [7, 11) is 2.76. The zero-order chi connectivity index (χ0) is 34.4. The zero-order valence-corrected chi connectivity index (χ0v) is 25.7. The average Bonchev–Trinajstić information content (AvgIpc) is 3.08. The Balaban J connectivity index is 1.39. The fraction of sp³-hybridized carbons (Fsp3) is 0.455. The highest BCUT2D eigenvalue weighted by molar-refractivity contribution is 6.10. The van der Waals surface area contributed by atoms with Gasteiger partial charge in [-0.25, -0.2) is 0 Å². The molecule has 0 spiro atoms. The number of allylic oxidation sites excluding steroid dienone is 2. The first-order chi connectivity index (χ1) is 22.4. The molecule has 0 aliphatic carbocycles. The molecular weight excluding hydrogens is 620 g/mol. The molecule has 2 heterocycles. The lowest BCUT2D eigenvalue weighted by molar-refractivity contribution is -0.232. The molecule has 14 nitrogen and oxygen atoms in total. The van der Waals surface area contributed by atoms with Gasteiger partial charge in [-0.05, 0) is 35.4 Å². The monoisotopic (exact) mass is 660 g/mol. The van der Waals surface area contributed by atoms with Crippen LogP contribution in [0, 0.1) is 0 Å². The van der Waals surface area contributed by atoms with Crippen LogP contribution in [0.4, 0.5) is 0 Å². The summed E-state index contributed by atoms with van der Waals surface area (Å²) in [5.74, 6) is -0.439. The Labute approximate surface area is 270 Å². The minimum Gasteiger partial charge on any atom is -0.496 e. The Kier molecular flexibility index (Phi) is 12.4. The van der Waals surface area contributed by atoms with Crippen LogP contribution in [0.3, 0.4) is 0 Å². The minimum absolute atomic E-state index is 0.260. The number of hydrogen-bond acceptors (Lipinski definition) is 14. The maximum absolute atomic E-state index is 12.5. The SMILES string of the molecule is COc1cc(C=CC(=O)CC(=O)C=Cc2ccc([C@@H]3O[C@H](CO)[C@@H](O)[C@H](O)[C@H]3O)c(OC)c2)ccc1[C@@H]1O[C@H](CO)[C@@H](O)[C@H](O)[C@H]1O. The molecule has 2 aromatic rings. The molecule has 0 radical (unpaired) electrons.